The summed E-state index contributed by atoms with van der Waals surface area (Å²) in [5.41, 5.74) is 0. The first kappa shape index (κ1) is 27.8. The molecule has 168 valence electrons. The summed E-state index contributed by atoms with van der Waals surface area (Å²) in [5, 5.41) is 0. The van der Waals surface area contributed by atoms with Gasteiger partial charge in [0, 0.05) is 6.42 Å². The number of allylic oxidation sites excluding steroid dienone is 2. The molecule has 0 aliphatic heterocycles. The summed E-state index contributed by atoms with van der Waals surface area (Å²) >= 11 is 0. The van der Waals surface area contributed by atoms with E-state index in [1.54, 1.807) is 0 Å². The Kier molecular flexibility index (Phi) is 16.5. The smallest absolute Gasteiger partial charge is 0.320 e. The van der Waals surface area contributed by atoms with Crippen molar-refractivity contribution in [3.8, 4) is 0 Å². The molecule has 0 aromatic heterocycles. The van der Waals surface area contributed by atoms with Crippen LogP contribution in [0, 0.1) is 0 Å². The standard InChI is InChI=1S/C23H48NO3P/c1-6-8-9-10-11-12-13-14-15-16-17-18-19-20-22-27-28(25,26)23(21-7-2)24(3,4)5/h8-9,23H,6-7,10-22H2,1-5H3/p+1/b9-8-. The third-order valence-corrected chi connectivity index (χ3v) is 7.52. The molecule has 2 unspecified atom stereocenters. The van der Waals surface area contributed by atoms with Gasteiger partial charge in [0.2, 0.25) is 0 Å². The van der Waals surface area contributed by atoms with Crippen LogP contribution in [0.1, 0.15) is 104 Å². The number of quaternary nitrogens is 1. The Bertz CT molecular complexity index is 432. The fraction of sp³-hybridized carbons (Fsp3) is 0.913. The van der Waals surface area contributed by atoms with Crippen LogP contribution in [0.4, 0.5) is 0 Å². The predicted molar refractivity (Wildman–Crippen MR) is 123 cm³/mol. The number of rotatable bonds is 19. The van der Waals surface area contributed by atoms with Crippen LogP contribution in [0.15, 0.2) is 12.2 Å². The zero-order valence-electron chi connectivity index (χ0n) is 19.5. The maximum atomic E-state index is 12.6. The zero-order chi connectivity index (χ0) is 21.3. The topological polar surface area (TPSA) is 46.5 Å². The van der Waals surface area contributed by atoms with Crippen LogP contribution in [0.3, 0.4) is 0 Å². The molecule has 0 aromatic carbocycles. The number of hydrogen-bond donors (Lipinski definition) is 1. The van der Waals surface area contributed by atoms with Crippen molar-refractivity contribution in [1.29, 1.82) is 0 Å². The molecule has 4 nitrogen and oxygen atoms in total. The highest BCUT2D eigenvalue weighted by molar-refractivity contribution is 7.53. The van der Waals surface area contributed by atoms with E-state index in [-0.39, 0.29) is 5.78 Å². The summed E-state index contributed by atoms with van der Waals surface area (Å²) in [6.07, 6.45) is 21.1. The van der Waals surface area contributed by atoms with Crippen LogP contribution in [-0.2, 0) is 9.09 Å². The molecule has 0 saturated heterocycles. The van der Waals surface area contributed by atoms with Crippen LogP contribution in [-0.4, -0.2) is 42.9 Å². The highest BCUT2D eigenvalue weighted by Crippen LogP contribution is 2.51. The molecular weight excluding hydrogens is 369 g/mol. The van der Waals surface area contributed by atoms with E-state index in [9.17, 15) is 9.46 Å². The van der Waals surface area contributed by atoms with E-state index < -0.39 is 7.60 Å². The first-order valence-electron chi connectivity index (χ1n) is 11.7. The van der Waals surface area contributed by atoms with E-state index >= 15 is 0 Å². The predicted octanol–water partition coefficient (Wildman–Crippen LogP) is 7.28. The summed E-state index contributed by atoms with van der Waals surface area (Å²) < 4.78 is 18.5. The maximum absolute atomic E-state index is 12.6. The Hall–Kier alpha value is -0.150. The van der Waals surface area contributed by atoms with Crippen molar-refractivity contribution in [3.63, 3.8) is 0 Å². The van der Waals surface area contributed by atoms with Gasteiger partial charge in [-0.15, -0.1) is 0 Å². The second-order valence-electron chi connectivity index (χ2n) is 8.99. The molecule has 0 aliphatic rings. The van der Waals surface area contributed by atoms with Crippen LogP contribution >= 0.6 is 7.60 Å². The van der Waals surface area contributed by atoms with Gasteiger partial charge >= 0.3 is 7.60 Å². The van der Waals surface area contributed by atoms with Crippen LogP contribution in [0.2, 0.25) is 0 Å². The van der Waals surface area contributed by atoms with Crippen molar-refractivity contribution in [2.45, 2.75) is 110 Å². The van der Waals surface area contributed by atoms with Gasteiger partial charge in [-0.05, 0) is 32.1 Å². The lowest BCUT2D eigenvalue weighted by molar-refractivity contribution is -0.883. The van der Waals surface area contributed by atoms with Crippen molar-refractivity contribution < 1.29 is 18.5 Å². The average Bonchev–Trinajstić information content (AvgIpc) is 2.61. The number of unbranched alkanes of at least 4 members (excludes halogenated alkanes) is 10. The lowest BCUT2D eigenvalue weighted by atomic mass is 10.1. The SMILES string of the molecule is CC/C=C\CCCCCCCCCCCCOP(=O)(O)C(CCC)[N+](C)(C)C. The van der Waals surface area contributed by atoms with Gasteiger partial charge in [-0.3, -0.25) is 4.57 Å². The minimum Gasteiger partial charge on any atom is -0.320 e. The third-order valence-electron chi connectivity index (χ3n) is 5.26. The van der Waals surface area contributed by atoms with Crippen molar-refractivity contribution in [1.82, 2.24) is 0 Å². The maximum Gasteiger partial charge on any atom is 0.385 e. The molecule has 0 fully saturated rings. The molecule has 0 aromatic rings. The molecule has 5 heteroatoms. The van der Waals surface area contributed by atoms with Gasteiger partial charge in [0.1, 0.15) is 0 Å². The molecule has 0 saturated carbocycles. The highest BCUT2D eigenvalue weighted by atomic mass is 31.2. The Morgan fingerprint density at radius 3 is 1.82 bits per heavy atom. The number of hydrogen-bond acceptors (Lipinski definition) is 2. The highest BCUT2D eigenvalue weighted by Gasteiger charge is 2.41. The Morgan fingerprint density at radius 2 is 1.36 bits per heavy atom. The fourth-order valence-electron chi connectivity index (χ4n) is 3.59. The third kappa shape index (κ3) is 14.8. The van der Waals surface area contributed by atoms with Gasteiger partial charge in [-0.25, -0.2) is 0 Å². The van der Waals surface area contributed by atoms with Gasteiger partial charge in [0.05, 0.1) is 27.7 Å². The lowest BCUT2D eigenvalue weighted by Crippen LogP contribution is -2.45. The molecule has 0 radical (unpaired) electrons. The van der Waals surface area contributed by atoms with Crippen LogP contribution in [0.5, 0.6) is 0 Å². The van der Waals surface area contributed by atoms with E-state index in [1.165, 1.54) is 57.8 Å². The van der Waals surface area contributed by atoms with Crippen molar-refractivity contribution in [2.24, 2.45) is 0 Å². The first-order valence-corrected chi connectivity index (χ1v) is 13.3. The summed E-state index contributed by atoms with van der Waals surface area (Å²) in [6.45, 7) is 4.64. The molecule has 0 bridgehead atoms. The second kappa shape index (κ2) is 16.6. The molecule has 0 spiro atoms. The van der Waals surface area contributed by atoms with E-state index in [1.807, 2.05) is 28.1 Å². The van der Waals surface area contributed by atoms with Crippen LogP contribution < -0.4 is 0 Å². The fourth-order valence-corrected chi connectivity index (χ4v) is 5.61. The summed E-state index contributed by atoms with van der Waals surface area (Å²) in [6, 6.07) is 0. The molecule has 0 heterocycles. The molecule has 0 amide bonds. The molecule has 1 N–H and O–H groups in total. The van der Waals surface area contributed by atoms with Crippen molar-refractivity contribution >= 4 is 7.60 Å². The summed E-state index contributed by atoms with van der Waals surface area (Å²) in [5.74, 6) is -0.333. The molecular formula is C23H49NO3P+. The average molecular weight is 419 g/mol. The van der Waals surface area contributed by atoms with Gasteiger partial charge in [-0.2, -0.15) is 0 Å². The quantitative estimate of drug-likeness (QED) is 0.104. The first-order chi connectivity index (χ1) is 13.3. The normalized spacial score (nSPS) is 15.8. The van der Waals surface area contributed by atoms with Crippen molar-refractivity contribution in [2.75, 3.05) is 27.7 Å². The molecule has 0 rings (SSSR count). The van der Waals surface area contributed by atoms with E-state index in [4.69, 9.17) is 4.52 Å². The minimum atomic E-state index is -3.56. The summed E-state index contributed by atoms with van der Waals surface area (Å²) in [4.78, 5) is 10.4. The Balaban J connectivity index is 3.63. The molecule has 0 aliphatic carbocycles. The Labute approximate surface area is 175 Å². The summed E-state index contributed by atoms with van der Waals surface area (Å²) in [7, 11) is 2.35. The number of nitrogens with zero attached hydrogens (tertiary/aromatic N) is 1. The monoisotopic (exact) mass is 418 g/mol. The van der Waals surface area contributed by atoms with Gasteiger partial charge in [-0.1, -0.05) is 77.4 Å². The van der Waals surface area contributed by atoms with E-state index in [0.29, 0.717) is 17.5 Å². The van der Waals surface area contributed by atoms with Gasteiger partial charge in [0.25, 0.3) is 0 Å². The molecule has 28 heavy (non-hydrogen) atoms. The van der Waals surface area contributed by atoms with Crippen molar-refractivity contribution in [3.05, 3.63) is 12.2 Å². The molecule has 2 atom stereocenters. The van der Waals surface area contributed by atoms with Crippen LogP contribution in [0.25, 0.3) is 0 Å². The van der Waals surface area contributed by atoms with Gasteiger partial charge in [0.15, 0.2) is 5.78 Å². The van der Waals surface area contributed by atoms with E-state index in [0.717, 1.165) is 25.7 Å². The Morgan fingerprint density at radius 1 is 0.857 bits per heavy atom. The largest absolute Gasteiger partial charge is 0.385 e. The van der Waals surface area contributed by atoms with E-state index in [2.05, 4.69) is 19.1 Å². The van der Waals surface area contributed by atoms with Gasteiger partial charge < -0.3 is 13.9 Å². The minimum absolute atomic E-state index is 0.333. The zero-order valence-corrected chi connectivity index (χ0v) is 20.4. The second-order valence-corrected chi connectivity index (χ2v) is 11.0. The lowest BCUT2D eigenvalue weighted by Gasteiger charge is -2.35.